The molecule has 2 heterocycles. The van der Waals surface area contributed by atoms with Crippen LogP contribution in [0.15, 0.2) is 40.3 Å². The predicted molar refractivity (Wildman–Crippen MR) is 97.7 cm³/mol. The number of hydrogen-bond acceptors (Lipinski definition) is 8. The highest BCUT2D eigenvalue weighted by Gasteiger charge is 2.11. The SMILES string of the molecule is C/C(=N/Nc1cccc(F)c1)C(=N)CSc1cc(N)nc2[nH]nnc12. The smallest absolute Gasteiger partial charge is 0.179 e. The minimum atomic E-state index is -0.351. The second-order valence-electron chi connectivity index (χ2n) is 5.14. The average Bonchev–Trinajstić information content (AvgIpc) is 3.05. The molecule has 3 aromatic rings. The number of halogens is 1. The molecule has 2 aromatic heterocycles. The van der Waals surface area contributed by atoms with Crippen LogP contribution in [0, 0.1) is 11.2 Å². The van der Waals surface area contributed by atoms with Gasteiger partial charge in [-0.1, -0.05) is 11.3 Å². The van der Waals surface area contributed by atoms with Gasteiger partial charge < -0.3 is 11.1 Å². The number of thioether (sulfide) groups is 1. The maximum absolute atomic E-state index is 13.1. The van der Waals surface area contributed by atoms with Gasteiger partial charge in [-0.25, -0.2) is 14.5 Å². The van der Waals surface area contributed by atoms with Crippen LogP contribution in [-0.2, 0) is 0 Å². The van der Waals surface area contributed by atoms with Crippen LogP contribution in [0.5, 0.6) is 0 Å². The summed E-state index contributed by atoms with van der Waals surface area (Å²) in [6, 6.07) is 7.65. The van der Waals surface area contributed by atoms with Crippen molar-refractivity contribution < 1.29 is 4.39 Å². The van der Waals surface area contributed by atoms with Crippen molar-refractivity contribution in [1.29, 1.82) is 5.41 Å². The zero-order chi connectivity index (χ0) is 17.8. The lowest BCUT2D eigenvalue weighted by Crippen LogP contribution is -2.13. The summed E-state index contributed by atoms with van der Waals surface area (Å²) in [7, 11) is 0. The number of H-pyrrole nitrogens is 1. The molecule has 0 saturated carbocycles. The van der Waals surface area contributed by atoms with E-state index in [1.54, 1.807) is 25.1 Å². The molecule has 0 amide bonds. The summed E-state index contributed by atoms with van der Waals surface area (Å²) < 4.78 is 13.1. The molecule has 10 heteroatoms. The quantitative estimate of drug-likeness (QED) is 0.305. The molecule has 0 aliphatic heterocycles. The van der Waals surface area contributed by atoms with Crippen LogP contribution >= 0.6 is 11.8 Å². The number of aromatic nitrogens is 4. The number of anilines is 2. The second-order valence-corrected chi connectivity index (χ2v) is 6.16. The van der Waals surface area contributed by atoms with Gasteiger partial charge in [-0.2, -0.15) is 5.10 Å². The zero-order valence-electron chi connectivity index (χ0n) is 13.2. The molecule has 0 aliphatic rings. The second kappa shape index (κ2) is 7.26. The predicted octanol–water partition coefficient (Wildman–Crippen LogP) is 2.67. The van der Waals surface area contributed by atoms with E-state index in [4.69, 9.17) is 11.1 Å². The number of nitrogen functional groups attached to an aromatic ring is 1. The topological polar surface area (TPSA) is 129 Å². The number of aromatic amines is 1. The van der Waals surface area contributed by atoms with Gasteiger partial charge in [-0.3, -0.25) is 5.43 Å². The third kappa shape index (κ3) is 4.10. The molecule has 25 heavy (non-hydrogen) atoms. The highest BCUT2D eigenvalue weighted by atomic mass is 32.2. The Morgan fingerprint density at radius 1 is 1.44 bits per heavy atom. The summed E-state index contributed by atoms with van der Waals surface area (Å²) in [5.74, 6) is 0.368. The van der Waals surface area contributed by atoms with Crippen molar-refractivity contribution >= 4 is 45.9 Å². The Morgan fingerprint density at radius 2 is 2.28 bits per heavy atom. The van der Waals surface area contributed by atoms with E-state index in [1.807, 2.05) is 0 Å². The summed E-state index contributed by atoms with van der Waals surface area (Å²) in [4.78, 5) is 4.88. The average molecular weight is 358 g/mol. The largest absolute Gasteiger partial charge is 0.384 e. The molecule has 0 fully saturated rings. The lowest BCUT2D eigenvalue weighted by atomic mass is 10.3. The molecule has 8 nitrogen and oxygen atoms in total. The first kappa shape index (κ1) is 16.8. The van der Waals surface area contributed by atoms with Crippen LogP contribution < -0.4 is 11.2 Å². The summed E-state index contributed by atoms with van der Waals surface area (Å²) in [5, 5.41) is 22.6. The number of pyridine rings is 1. The minimum absolute atomic E-state index is 0.320. The fourth-order valence-corrected chi connectivity index (χ4v) is 2.96. The van der Waals surface area contributed by atoms with Crippen LogP contribution in [0.3, 0.4) is 0 Å². The first-order chi connectivity index (χ1) is 12.0. The molecule has 1 aromatic carbocycles. The van der Waals surface area contributed by atoms with E-state index in [-0.39, 0.29) is 5.82 Å². The van der Waals surface area contributed by atoms with Gasteiger partial charge in [0.1, 0.15) is 17.2 Å². The highest BCUT2D eigenvalue weighted by molar-refractivity contribution is 8.00. The van der Waals surface area contributed by atoms with E-state index >= 15 is 0 Å². The third-order valence-electron chi connectivity index (χ3n) is 3.27. The molecule has 0 bridgehead atoms. The molecule has 0 atom stereocenters. The van der Waals surface area contributed by atoms with Crippen LogP contribution in [-0.4, -0.2) is 37.6 Å². The van der Waals surface area contributed by atoms with Crippen molar-refractivity contribution in [2.45, 2.75) is 11.8 Å². The fraction of sp³-hybridized carbons (Fsp3) is 0.133. The maximum Gasteiger partial charge on any atom is 0.179 e. The Morgan fingerprint density at radius 3 is 3.08 bits per heavy atom. The number of fused-ring (bicyclic) bond motifs is 1. The Labute approximate surface area is 146 Å². The van der Waals surface area contributed by atoms with Crippen molar-refractivity contribution in [3.8, 4) is 0 Å². The van der Waals surface area contributed by atoms with Gasteiger partial charge in [0.05, 0.1) is 17.1 Å². The summed E-state index contributed by atoms with van der Waals surface area (Å²) >= 11 is 1.39. The zero-order valence-corrected chi connectivity index (χ0v) is 14.1. The van der Waals surface area contributed by atoms with Crippen molar-refractivity contribution in [2.24, 2.45) is 5.10 Å². The van der Waals surface area contributed by atoms with Gasteiger partial charge in [0.15, 0.2) is 5.65 Å². The van der Waals surface area contributed by atoms with Crippen LogP contribution in [0.25, 0.3) is 11.2 Å². The first-order valence-corrected chi connectivity index (χ1v) is 8.25. The van der Waals surface area contributed by atoms with Gasteiger partial charge >= 0.3 is 0 Å². The highest BCUT2D eigenvalue weighted by Crippen LogP contribution is 2.26. The molecular formula is C15H15FN8S. The van der Waals surface area contributed by atoms with Gasteiger partial charge in [-0.05, 0) is 31.2 Å². The molecule has 5 N–H and O–H groups in total. The molecule has 0 aliphatic carbocycles. The Hall–Kier alpha value is -3.01. The van der Waals surface area contributed by atoms with Crippen LogP contribution in [0.4, 0.5) is 15.9 Å². The van der Waals surface area contributed by atoms with Crippen molar-refractivity contribution in [1.82, 2.24) is 20.4 Å². The number of nitrogens with zero attached hydrogens (tertiary/aromatic N) is 4. The van der Waals surface area contributed by atoms with Gasteiger partial charge in [0.25, 0.3) is 0 Å². The summed E-state index contributed by atoms with van der Waals surface area (Å²) in [5.41, 5.74) is 10.9. The van der Waals surface area contributed by atoms with E-state index < -0.39 is 0 Å². The molecule has 0 radical (unpaired) electrons. The third-order valence-corrected chi connectivity index (χ3v) is 4.32. The molecule has 3 rings (SSSR count). The van der Waals surface area contributed by atoms with Crippen molar-refractivity contribution in [3.05, 3.63) is 36.1 Å². The van der Waals surface area contributed by atoms with E-state index in [1.165, 1.54) is 23.9 Å². The number of nitrogens with two attached hydrogens (primary N) is 1. The fourth-order valence-electron chi connectivity index (χ4n) is 1.97. The monoisotopic (exact) mass is 358 g/mol. The van der Waals surface area contributed by atoms with Crippen molar-refractivity contribution in [2.75, 3.05) is 16.9 Å². The maximum atomic E-state index is 13.1. The molecular weight excluding hydrogens is 343 g/mol. The standard InChI is InChI=1S/C15H15FN8S/c1-8(20-21-10-4-2-3-9(16)5-10)11(17)7-25-12-6-13(18)19-15-14(12)22-24-23-15/h2-6,17,21H,7H2,1H3,(H3,18,19,22,23,24)/b17-11?,20-8-. The van der Waals surface area contributed by atoms with Crippen molar-refractivity contribution in [3.63, 3.8) is 0 Å². The number of rotatable bonds is 6. The van der Waals surface area contributed by atoms with Gasteiger partial charge in [-0.15, -0.1) is 16.9 Å². The van der Waals surface area contributed by atoms with E-state index in [0.717, 1.165) is 4.90 Å². The minimum Gasteiger partial charge on any atom is -0.384 e. The summed E-state index contributed by atoms with van der Waals surface area (Å²) in [6.07, 6.45) is 0. The molecule has 0 unspecified atom stereocenters. The lowest BCUT2D eigenvalue weighted by molar-refractivity contribution is 0.628. The molecule has 128 valence electrons. The Balaban J connectivity index is 1.65. The van der Waals surface area contributed by atoms with Crippen LogP contribution in [0.1, 0.15) is 6.92 Å². The first-order valence-electron chi connectivity index (χ1n) is 7.26. The Kier molecular flexibility index (Phi) is 4.89. The molecule has 0 saturated heterocycles. The number of hydrazone groups is 1. The van der Waals surface area contributed by atoms with E-state index in [2.05, 4.69) is 30.9 Å². The lowest BCUT2D eigenvalue weighted by Gasteiger charge is -2.06. The number of hydrogen-bond donors (Lipinski definition) is 4. The number of nitrogens with one attached hydrogen (secondary N) is 3. The van der Waals surface area contributed by atoms with Gasteiger partial charge in [0.2, 0.25) is 0 Å². The normalized spacial score (nSPS) is 11.7. The number of benzene rings is 1. The van der Waals surface area contributed by atoms with Crippen LogP contribution in [0.2, 0.25) is 0 Å². The Bertz CT molecular complexity index is 952. The van der Waals surface area contributed by atoms with Gasteiger partial charge in [0, 0.05) is 10.6 Å². The summed E-state index contributed by atoms with van der Waals surface area (Å²) in [6.45, 7) is 1.71. The van der Waals surface area contributed by atoms with E-state index in [0.29, 0.717) is 39.8 Å². The van der Waals surface area contributed by atoms with E-state index in [9.17, 15) is 4.39 Å². The molecule has 0 spiro atoms.